The third-order valence-electron chi connectivity index (χ3n) is 3.32. The third-order valence-corrected chi connectivity index (χ3v) is 3.32. The van der Waals surface area contributed by atoms with Crippen molar-refractivity contribution in [2.24, 2.45) is 4.99 Å². The van der Waals surface area contributed by atoms with Crippen LogP contribution in [0.5, 0.6) is 11.5 Å². The molecule has 0 saturated carbocycles. The summed E-state index contributed by atoms with van der Waals surface area (Å²) < 4.78 is 12.4. The number of methoxy groups -OCH3 is 2. The van der Waals surface area contributed by atoms with Crippen LogP contribution in [0.15, 0.2) is 41.7 Å². The van der Waals surface area contributed by atoms with Crippen molar-refractivity contribution in [2.75, 3.05) is 27.8 Å². The monoisotopic (exact) mass is 317 g/mol. The molecule has 0 unspecified atom stereocenters. The fourth-order valence-corrected chi connectivity index (χ4v) is 2.12. The van der Waals surface area contributed by atoms with E-state index in [1.54, 1.807) is 27.5 Å². The van der Waals surface area contributed by atoms with E-state index in [1.807, 2.05) is 35.1 Å². The van der Waals surface area contributed by atoms with Gasteiger partial charge in [0.05, 0.1) is 20.8 Å². The number of nitrogens with one attached hydrogen (secondary N) is 2. The van der Waals surface area contributed by atoms with Gasteiger partial charge in [-0.15, -0.1) is 0 Å². The molecule has 0 atom stereocenters. The van der Waals surface area contributed by atoms with Crippen molar-refractivity contribution in [3.63, 3.8) is 0 Å². The molecule has 2 rings (SSSR count). The van der Waals surface area contributed by atoms with Gasteiger partial charge < -0.3 is 20.1 Å². The van der Waals surface area contributed by atoms with Crippen molar-refractivity contribution >= 4 is 5.96 Å². The van der Waals surface area contributed by atoms with Crippen molar-refractivity contribution in [3.05, 3.63) is 42.2 Å². The summed E-state index contributed by atoms with van der Waals surface area (Å²) in [6.45, 7) is 2.17. The van der Waals surface area contributed by atoms with Gasteiger partial charge in [-0.1, -0.05) is 6.07 Å². The Balaban J connectivity index is 1.83. The Bertz CT molecular complexity index is 625. The average molecular weight is 317 g/mol. The maximum atomic E-state index is 5.31. The number of hydrogen-bond acceptors (Lipinski definition) is 4. The van der Waals surface area contributed by atoms with E-state index in [0.29, 0.717) is 12.3 Å². The second-order valence-electron chi connectivity index (χ2n) is 4.81. The number of nitrogens with zero attached hydrogens (tertiary/aromatic N) is 3. The highest BCUT2D eigenvalue weighted by Gasteiger charge is 2.05. The Morgan fingerprint density at radius 1 is 1.22 bits per heavy atom. The minimum atomic E-state index is 0.641. The van der Waals surface area contributed by atoms with Gasteiger partial charge in [-0.2, -0.15) is 5.10 Å². The van der Waals surface area contributed by atoms with Crippen LogP contribution in [0, 0.1) is 0 Å². The quantitative estimate of drug-likeness (QED) is 0.594. The van der Waals surface area contributed by atoms with E-state index in [4.69, 9.17) is 9.47 Å². The van der Waals surface area contributed by atoms with E-state index in [9.17, 15) is 0 Å². The molecular formula is C16H23N5O2. The summed E-state index contributed by atoms with van der Waals surface area (Å²) in [6.07, 6.45) is 3.70. The molecule has 1 aromatic heterocycles. The largest absolute Gasteiger partial charge is 0.493 e. The number of guanidine groups is 1. The molecule has 2 N–H and O–H groups in total. The highest BCUT2D eigenvalue weighted by molar-refractivity contribution is 5.79. The van der Waals surface area contributed by atoms with Gasteiger partial charge in [-0.25, -0.2) is 0 Å². The lowest BCUT2D eigenvalue weighted by atomic mass is 10.2. The normalized spacial score (nSPS) is 11.2. The first-order chi connectivity index (χ1) is 11.3. The smallest absolute Gasteiger partial charge is 0.191 e. The lowest BCUT2D eigenvalue weighted by Crippen LogP contribution is -2.38. The van der Waals surface area contributed by atoms with Crippen molar-refractivity contribution in [1.82, 2.24) is 20.4 Å². The maximum absolute atomic E-state index is 5.31. The summed E-state index contributed by atoms with van der Waals surface area (Å²) in [5.74, 6) is 2.18. The molecule has 7 nitrogen and oxygen atoms in total. The minimum absolute atomic E-state index is 0.641. The Hall–Kier alpha value is -2.70. The van der Waals surface area contributed by atoms with E-state index >= 15 is 0 Å². The van der Waals surface area contributed by atoms with Crippen LogP contribution >= 0.6 is 0 Å². The van der Waals surface area contributed by atoms with E-state index < -0.39 is 0 Å². The molecule has 0 spiro atoms. The summed E-state index contributed by atoms with van der Waals surface area (Å²) in [6, 6.07) is 7.74. The molecule has 0 aliphatic heterocycles. The second-order valence-corrected chi connectivity index (χ2v) is 4.81. The molecule has 0 aliphatic carbocycles. The van der Waals surface area contributed by atoms with Crippen molar-refractivity contribution in [3.8, 4) is 11.5 Å². The predicted molar refractivity (Wildman–Crippen MR) is 90.0 cm³/mol. The van der Waals surface area contributed by atoms with E-state index in [1.165, 1.54) is 0 Å². The second kappa shape index (κ2) is 8.67. The van der Waals surface area contributed by atoms with E-state index in [2.05, 4.69) is 20.7 Å². The van der Waals surface area contributed by atoms with Crippen molar-refractivity contribution in [1.29, 1.82) is 0 Å². The van der Waals surface area contributed by atoms with Crippen LogP contribution in [-0.4, -0.2) is 43.6 Å². The van der Waals surface area contributed by atoms with Crippen LogP contribution in [0.1, 0.15) is 5.56 Å². The highest BCUT2D eigenvalue weighted by Crippen LogP contribution is 2.27. The number of benzene rings is 1. The fraction of sp³-hybridized carbons (Fsp3) is 0.375. The number of hydrogen-bond donors (Lipinski definition) is 2. The molecule has 7 heteroatoms. The van der Waals surface area contributed by atoms with Gasteiger partial charge in [0, 0.05) is 32.5 Å². The van der Waals surface area contributed by atoms with Crippen LogP contribution in [0.25, 0.3) is 0 Å². The number of rotatable bonds is 7. The van der Waals surface area contributed by atoms with Crippen LogP contribution in [0.2, 0.25) is 0 Å². The molecule has 0 aliphatic rings. The highest BCUT2D eigenvalue weighted by atomic mass is 16.5. The molecule has 2 aromatic rings. The summed E-state index contributed by atoms with van der Waals surface area (Å²) >= 11 is 0. The zero-order valence-electron chi connectivity index (χ0n) is 13.7. The maximum Gasteiger partial charge on any atom is 0.191 e. The molecular weight excluding hydrogens is 294 g/mol. The zero-order valence-corrected chi connectivity index (χ0v) is 13.7. The molecule has 0 amide bonds. The summed E-state index contributed by atoms with van der Waals surface area (Å²) in [4.78, 5) is 4.21. The van der Waals surface area contributed by atoms with Crippen LogP contribution < -0.4 is 20.1 Å². The number of ether oxygens (including phenoxy) is 2. The number of aliphatic imine (C=N–C) groups is 1. The third kappa shape index (κ3) is 4.91. The van der Waals surface area contributed by atoms with Crippen molar-refractivity contribution in [2.45, 2.75) is 13.1 Å². The van der Waals surface area contributed by atoms with Crippen LogP contribution in [0.4, 0.5) is 0 Å². The standard InChI is InChI=1S/C16H23N5O2/c1-17-16(18-8-10-21-9-4-7-20-21)19-12-13-5-6-14(22-2)15(11-13)23-3/h4-7,9,11H,8,10,12H2,1-3H3,(H2,17,18,19). The minimum Gasteiger partial charge on any atom is -0.493 e. The molecule has 1 heterocycles. The van der Waals surface area contributed by atoms with E-state index in [-0.39, 0.29) is 0 Å². The van der Waals surface area contributed by atoms with Gasteiger partial charge in [0.15, 0.2) is 17.5 Å². The zero-order chi connectivity index (χ0) is 16.5. The molecule has 0 bridgehead atoms. The Kier molecular flexibility index (Phi) is 6.28. The number of aromatic nitrogens is 2. The fourth-order valence-electron chi connectivity index (χ4n) is 2.12. The first kappa shape index (κ1) is 16.7. The molecule has 23 heavy (non-hydrogen) atoms. The molecule has 0 saturated heterocycles. The Morgan fingerprint density at radius 3 is 2.70 bits per heavy atom. The van der Waals surface area contributed by atoms with Gasteiger partial charge in [0.2, 0.25) is 0 Å². The SMILES string of the molecule is CN=C(NCCn1cccn1)NCc1ccc(OC)c(OC)c1. The summed E-state index contributed by atoms with van der Waals surface area (Å²) in [5, 5.41) is 10.7. The van der Waals surface area contributed by atoms with E-state index in [0.717, 1.165) is 30.4 Å². The predicted octanol–water partition coefficient (Wildman–Crippen LogP) is 1.27. The average Bonchev–Trinajstić information content (AvgIpc) is 3.11. The van der Waals surface area contributed by atoms with Crippen LogP contribution in [-0.2, 0) is 13.1 Å². The topological polar surface area (TPSA) is 72.7 Å². The van der Waals surface area contributed by atoms with Gasteiger partial charge in [-0.05, 0) is 23.8 Å². The summed E-state index contributed by atoms with van der Waals surface area (Å²) in [7, 11) is 5.00. The molecule has 1 aromatic carbocycles. The van der Waals surface area contributed by atoms with Crippen LogP contribution in [0.3, 0.4) is 0 Å². The lowest BCUT2D eigenvalue weighted by molar-refractivity contribution is 0.354. The van der Waals surface area contributed by atoms with Gasteiger partial charge >= 0.3 is 0 Å². The Morgan fingerprint density at radius 2 is 2.04 bits per heavy atom. The Labute approximate surface area is 136 Å². The first-order valence-corrected chi connectivity index (χ1v) is 7.39. The molecule has 0 radical (unpaired) electrons. The molecule has 0 fully saturated rings. The van der Waals surface area contributed by atoms with Gasteiger partial charge in [0.25, 0.3) is 0 Å². The summed E-state index contributed by atoms with van der Waals surface area (Å²) in [5.41, 5.74) is 1.08. The first-order valence-electron chi connectivity index (χ1n) is 7.39. The van der Waals surface area contributed by atoms with Gasteiger partial charge in [-0.3, -0.25) is 9.67 Å². The lowest BCUT2D eigenvalue weighted by Gasteiger charge is -2.13. The van der Waals surface area contributed by atoms with Crippen molar-refractivity contribution < 1.29 is 9.47 Å². The van der Waals surface area contributed by atoms with Gasteiger partial charge in [0.1, 0.15) is 0 Å². The molecule has 124 valence electrons.